The Morgan fingerprint density at radius 2 is 1.89 bits per heavy atom. The number of hydrogen-bond acceptors (Lipinski definition) is 5. The SMILES string of the molecule is Cc1cccc(C(C)(C)CC(=O)c2nnsc2NC(=O)c2cccc(Cl)c2)c1. The molecule has 0 aliphatic heterocycles. The lowest BCUT2D eigenvalue weighted by molar-refractivity contribution is 0.0954. The summed E-state index contributed by atoms with van der Waals surface area (Å²) in [5.41, 5.74) is 2.43. The van der Waals surface area contributed by atoms with Crippen LogP contribution >= 0.6 is 23.1 Å². The first-order valence-electron chi connectivity index (χ1n) is 8.76. The van der Waals surface area contributed by atoms with E-state index in [1.54, 1.807) is 24.3 Å². The van der Waals surface area contributed by atoms with Gasteiger partial charge < -0.3 is 5.32 Å². The van der Waals surface area contributed by atoms with Crippen LogP contribution in [0.1, 0.15) is 52.2 Å². The third-order valence-electron chi connectivity index (χ3n) is 4.47. The number of carbonyl (C=O) groups is 2. The van der Waals surface area contributed by atoms with E-state index in [4.69, 9.17) is 11.6 Å². The first kappa shape index (κ1) is 20.2. The van der Waals surface area contributed by atoms with Gasteiger partial charge in [-0.1, -0.05) is 65.8 Å². The summed E-state index contributed by atoms with van der Waals surface area (Å²) in [4.78, 5) is 25.4. The number of hydrogen-bond donors (Lipinski definition) is 1. The molecule has 3 rings (SSSR count). The van der Waals surface area contributed by atoms with E-state index in [0.717, 1.165) is 22.7 Å². The zero-order valence-electron chi connectivity index (χ0n) is 15.8. The molecule has 0 fully saturated rings. The molecule has 1 N–H and O–H groups in total. The Balaban J connectivity index is 1.77. The minimum Gasteiger partial charge on any atom is -0.310 e. The first-order valence-corrected chi connectivity index (χ1v) is 9.91. The van der Waals surface area contributed by atoms with Crippen molar-refractivity contribution in [1.82, 2.24) is 9.59 Å². The van der Waals surface area contributed by atoms with Gasteiger partial charge in [-0.25, -0.2) is 0 Å². The number of carbonyl (C=O) groups excluding carboxylic acids is 2. The number of ketones is 1. The number of rotatable bonds is 6. The molecule has 1 heterocycles. The maximum Gasteiger partial charge on any atom is 0.256 e. The number of nitrogens with zero attached hydrogens (tertiary/aromatic N) is 2. The molecule has 0 unspecified atom stereocenters. The molecule has 3 aromatic rings. The van der Waals surface area contributed by atoms with Gasteiger partial charge in [-0.3, -0.25) is 9.59 Å². The summed E-state index contributed by atoms with van der Waals surface area (Å²) < 4.78 is 3.85. The Bertz CT molecular complexity index is 1030. The highest BCUT2D eigenvalue weighted by Crippen LogP contribution is 2.31. The molecule has 1 amide bonds. The maximum absolute atomic E-state index is 12.9. The van der Waals surface area contributed by atoms with E-state index < -0.39 is 0 Å². The molecule has 0 bridgehead atoms. The molecule has 0 saturated heterocycles. The topological polar surface area (TPSA) is 72.0 Å². The Morgan fingerprint density at radius 1 is 1.14 bits per heavy atom. The van der Waals surface area contributed by atoms with Gasteiger partial charge in [0.2, 0.25) is 0 Å². The molecule has 28 heavy (non-hydrogen) atoms. The fraction of sp³-hybridized carbons (Fsp3) is 0.238. The summed E-state index contributed by atoms with van der Waals surface area (Å²) in [6, 6.07) is 14.7. The van der Waals surface area contributed by atoms with Crippen LogP contribution in [0.15, 0.2) is 48.5 Å². The fourth-order valence-corrected chi connectivity index (χ4v) is 3.69. The molecule has 0 aliphatic rings. The van der Waals surface area contributed by atoms with Gasteiger partial charge in [0.05, 0.1) is 0 Å². The number of anilines is 1. The smallest absolute Gasteiger partial charge is 0.256 e. The van der Waals surface area contributed by atoms with Crippen molar-refractivity contribution in [3.8, 4) is 0 Å². The van der Waals surface area contributed by atoms with Gasteiger partial charge in [0.15, 0.2) is 11.5 Å². The minimum absolute atomic E-state index is 0.165. The highest BCUT2D eigenvalue weighted by molar-refractivity contribution is 7.10. The number of halogens is 1. The Morgan fingerprint density at radius 3 is 2.61 bits per heavy atom. The molecule has 7 heteroatoms. The summed E-state index contributed by atoms with van der Waals surface area (Å²) >= 11 is 6.92. The average molecular weight is 414 g/mol. The molecule has 0 saturated carbocycles. The molecule has 0 aliphatic carbocycles. The lowest BCUT2D eigenvalue weighted by Gasteiger charge is -2.24. The van der Waals surface area contributed by atoms with Crippen LogP contribution < -0.4 is 5.32 Å². The van der Waals surface area contributed by atoms with Crippen LogP contribution in [-0.4, -0.2) is 21.3 Å². The van der Waals surface area contributed by atoms with Crippen molar-refractivity contribution in [3.63, 3.8) is 0 Å². The van der Waals surface area contributed by atoms with Crippen LogP contribution in [0.5, 0.6) is 0 Å². The standard InChI is InChI=1S/C21H20ClN3O2S/c1-13-6-4-8-15(10-13)21(2,3)12-17(26)18-20(28-25-24-18)23-19(27)14-7-5-9-16(22)11-14/h4-11H,12H2,1-3H3,(H,23,27). The second kappa shape index (κ2) is 8.20. The summed E-state index contributed by atoms with van der Waals surface area (Å²) in [5.74, 6) is -0.526. The van der Waals surface area contributed by atoms with Crippen LogP contribution in [0.25, 0.3) is 0 Å². The quantitative estimate of drug-likeness (QED) is 0.556. The maximum atomic E-state index is 12.9. The van der Waals surface area contributed by atoms with Crippen LogP contribution in [0.2, 0.25) is 5.02 Å². The molecular formula is C21H20ClN3O2S. The van der Waals surface area contributed by atoms with Crippen molar-refractivity contribution in [2.75, 3.05) is 5.32 Å². The van der Waals surface area contributed by atoms with Crippen LogP contribution in [0.3, 0.4) is 0 Å². The van der Waals surface area contributed by atoms with E-state index >= 15 is 0 Å². The third kappa shape index (κ3) is 4.64. The Kier molecular flexibility index (Phi) is 5.91. The predicted molar refractivity (Wildman–Crippen MR) is 112 cm³/mol. The van der Waals surface area contributed by atoms with Crippen molar-refractivity contribution < 1.29 is 9.59 Å². The highest BCUT2D eigenvalue weighted by atomic mass is 35.5. The molecule has 0 radical (unpaired) electrons. The van der Waals surface area contributed by atoms with Gasteiger partial charge >= 0.3 is 0 Å². The number of nitrogens with one attached hydrogen (secondary N) is 1. The average Bonchev–Trinajstić information content (AvgIpc) is 3.09. The minimum atomic E-state index is -0.374. The van der Waals surface area contributed by atoms with E-state index in [1.807, 2.05) is 39.0 Å². The molecule has 0 spiro atoms. The second-order valence-corrected chi connectivity index (χ2v) is 8.46. The van der Waals surface area contributed by atoms with Gasteiger partial charge in [0, 0.05) is 28.5 Å². The molecule has 2 aromatic carbocycles. The van der Waals surface area contributed by atoms with Crippen LogP contribution in [-0.2, 0) is 5.41 Å². The zero-order chi connectivity index (χ0) is 20.3. The number of Topliss-reactive ketones (excluding diaryl/α,β-unsaturated/α-hetero) is 1. The van der Waals surface area contributed by atoms with Crippen molar-refractivity contribution in [3.05, 3.63) is 75.9 Å². The van der Waals surface area contributed by atoms with Crippen molar-refractivity contribution in [2.24, 2.45) is 0 Å². The number of benzene rings is 2. The third-order valence-corrected chi connectivity index (χ3v) is 5.34. The van der Waals surface area contributed by atoms with E-state index in [0.29, 0.717) is 15.6 Å². The van der Waals surface area contributed by atoms with Crippen molar-refractivity contribution in [2.45, 2.75) is 32.6 Å². The van der Waals surface area contributed by atoms with Crippen LogP contribution in [0.4, 0.5) is 5.00 Å². The van der Waals surface area contributed by atoms with Gasteiger partial charge in [-0.15, -0.1) is 5.10 Å². The summed E-state index contributed by atoms with van der Waals surface area (Å²) in [6.07, 6.45) is 0.252. The van der Waals surface area contributed by atoms with Crippen molar-refractivity contribution in [1.29, 1.82) is 0 Å². The normalized spacial score (nSPS) is 11.3. The van der Waals surface area contributed by atoms with E-state index in [1.165, 1.54) is 0 Å². The van der Waals surface area contributed by atoms with Gasteiger partial charge in [-0.05, 0) is 36.1 Å². The lowest BCUT2D eigenvalue weighted by atomic mass is 9.79. The van der Waals surface area contributed by atoms with E-state index in [2.05, 4.69) is 21.0 Å². The predicted octanol–water partition coefficient (Wildman–Crippen LogP) is 5.30. The molecule has 0 atom stereocenters. The number of amides is 1. The summed E-state index contributed by atoms with van der Waals surface area (Å²) in [6.45, 7) is 6.06. The fourth-order valence-electron chi connectivity index (χ4n) is 2.91. The van der Waals surface area contributed by atoms with Gasteiger partial charge in [0.1, 0.15) is 5.00 Å². The Labute approximate surface area is 172 Å². The highest BCUT2D eigenvalue weighted by Gasteiger charge is 2.28. The molecule has 1 aromatic heterocycles. The van der Waals surface area contributed by atoms with Crippen molar-refractivity contribution >= 4 is 39.8 Å². The monoisotopic (exact) mass is 413 g/mol. The number of aromatic nitrogens is 2. The number of aryl methyl sites for hydroxylation is 1. The van der Waals surface area contributed by atoms with E-state index in [-0.39, 0.29) is 29.2 Å². The summed E-state index contributed by atoms with van der Waals surface area (Å²) in [7, 11) is 0. The first-order chi connectivity index (χ1) is 13.3. The van der Waals surface area contributed by atoms with Gasteiger partial charge in [0.25, 0.3) is 5.91 Å². The van der Waals surface area contributed by atoms with E-state index in [9.17, 15) is 9.59 Å². The zero-order valence-corrected chi connectivity index (χ0v) is 17.4. The summed E-state index contributed by atoms with van der Waals surface area (Å²) in [5, 5.41) is 7.49. The lowest BCUT2D eigenvalue weighted by Crippen LogP contribution is -2.23. The van der Waals surface area contributed by atoms with Crippen LogP contribution in [0, 0.1) is 6.92 Å². The molecule has 5 nitrogen and oxygen atoms in total. The molecular weight excluding hydrogens is 394 g/mol. The Hall–Kier alpha value is -2.57. The van der Waals surface area contributed by atoms with Gasteiger partial charge in [-0.2, -0.15) is 0 Å². The molecule has 144 valence electrons. The largest absolute Gasteiger partial charge is 0.310 e. The second-order valence-electron chi connectivity index (χ2n) is 7.27.